The highest BCUT2D eigenvalue weighted by Gasteiger charge is 2.11. The average Bonchev–Trinajstić information content (AvgIpc) is 2.05. The Morgan fingerprint density at radius 2 is 2.08 bits per heavy atom. The van der Waals surface area contributed by atoms with Gasteiger partial charge in [0, 0.05) is 20.8 Å². The summed E-state index contributed by atoms with van der Waals surface area (Å²) in [5.74, 6) is -0.0476. The van der Waals surface area contributed by atoms with Crippen LogP contribution >= 0.6 is 0 Å². The zero-order chi connectivity index (χ0) is 9.40. The molecule has 0 aromatic rings. The molecular weight excluding hydrogens is 158 g/mol. The van der Waals surface area contributed by atoms with E-state index in [4.69, 9.17) is 10.5 Å². The van der Waals surface area contributed by atoms with E-state index in [0.29, 0.717) is 13.0 Å². The quantitative estimate of drug-likeness (QED) is 0.551. The smallest absolute Gasteiger partial charge is 0.175 e. The van der Waals surface area contributed by atoms with Crippen molar-refractivity contribution in [3.05, 3.63) is 0 Å². The minimum Gasteiger partial charge on any atom is -0.385 e. The minimum absolute atomic E-state index is 0.0476. The number of nitrogens with two attached hydrogens (primary N) is 1. The first-order chi connectivity index (χ1) is 5.72. The summed E-state index contributed by atoms with van der Waals surface area (Å²) >= 11 is 0. The normalized spacial score (nSPS) is 12.9. The molecule has 0 bridgehead atoms. The number of Topliss-reactive ketones (excluding diaryl/α,β-unsaturated/α-hetero) is 1. The second-order valence-corrected chi connectivity index (χ2v) is 2.64. The molecule has 0 aliphatic carbocycles. The molecule has 4 nitrogen and oxygen atoms in total. The summed E-state index contributed by atoms with van der Waals surface area (Å²) in [5, 5.41) is 0. The van der Waals surface area contributed by atoms with Gasteiger partial charge in [0.25, 0.3) is 0 Å². The van der Waals surface area contributed by atoms with E-state index >= 15 is 0 Å². The second-order valence-electron chi connectivity index (χ2n) is 2.64. The molecule has 0 heterocycles. The zero-order valence-corrected chi connectivity index (χ0v) is 7.71. The first kappa shape index (κ1) is 11.6. The van der Waals surface area contributed by atoms with Crippen molar-refractivity contribution < 1.29 is 14.3 Å². The van der Waals surface area contributed by atoms with E-state index in [1.54, 1.807) is 7.11 Å². The Bertz CT molecular complexity index is 127. The number of rotatable bonds is 7. The molecule has 0 saturated carbocycles. The molecule has 12 heavy (non-hydrogen) atoms. The van der Waals surface area contributed by atoms with Crippen LogP contribution < -0.4 is 5.73 Å². The Morgan fingerprint density at radius 3 is 2.58 bits per heavy atom. The van der Waals surface area contributed by atoms with E-state index in [-0.39, 0.29) is 12.4 Å². The van der Waals surface area contributed by atoms with Gasteiger partial charge in [-0.05, 0) is 12.8 Å². The number of ketones is 1. The van der Waals surface area contributed by atoms with Crippen LogP contribution in [0.15, 0.2) is 0 Å². The number of ether oxygens (including phenoxy) is 2. The van der Waals surface area contributed by atoms with E-state index in [1.807, 2.05) is 0 Å². The molecule has 0 fully saturated rings. The molecular formula is C8H17NO3. The highest BCUT2D eigenvalue weighted by Crippen LogP contribution is 1.96. The first-order valence-corrected chi connectivity index (χ1v) is 3.98. The highest BCUT2D eigenvalue weighted by atomic mass is 16.5. The van der Waals surface area contributed by atoms with Crippen LogP contribution in [-0.2, 0) is 14.3 Å². The maximum Gasteiger partial charge on any atom is 0.175 e. The standard InChI is InChI=1S/C8H17NO3/c1-11-5-3-4-7(9)8(10)6-12-2/h7H,3-6,9H2,1-2H3. The third-order valence-corrected chi connectivity index (χ3v) is 1.56. The van der Waals surface area contributed by atoms with Crippen LogP contribution in [0.3, 0.4) is 0 Å². The van der Waals surface area contributed by atoms with Gasteiger partial charge in [-0.2, -0.15) is 0 Å². The minimum atomic E-state index is -0.403. The maximum atomic E-state index is 11.0. The van der Waals surface area contributed by atoms with E-state index in [2.05, 4.69) is 4.74 Å². The number of carbonyl (C=O) groups excluding carboxylic acids is 1. The molecule has 0 radical (unpaired) electrons. The van der Waals surface area contributed by atoms with Crippen molar-refractivity contribution in [1.29, 1.82) is 0 Å². The van der Waals surface area contributed by atoms with Crippen molar-refractivity contribution in [2.24, 2.45) is 5.73 Å². The van der Waals surface area contributed by atoms with Crippen molar-refractivity contribution in [3.8, 4) is 0 Å². The van der Waals surface area contributed by atoms with Crippen molar-refractivity contribution in [2.45, 2.75) is 18.9 Å². The molecule has 1 unspecified atom stereocenters. The van der Waals surface area contributed by atoms with Crippen molar-refractivity contribution in [2.75, 3.05) is 27.4 Å². The maximum absolute atomic E-state index is 11.0. The van der Waals surface area contributed by atoms with Gasteiger partial charge < -0.3 is 15.2 Å². The number of carbonyl (C=O) groups is 1. The molecule has 0 aliphatic rings. The predicted octanol–water partition coefficient (Wildman–Crippen LogP) is -0.0442. The van der Waals surface area contributed by atoms with Crippen molar-refractivity contribution in [3.63, 3.8) is 0 Å². The fourth-order valence-electron chi connectivity index (χ4n) is 0.858. The Labute approximate surface area is 73.0 Å². The summed E-state index contributed by atoms with van der Waals surface area (Å²) in [6.45, 7) is 0.752. The predicted molar refractivity (Wildman–Crippen MR) is 46.0 cm³/mol. The van der Waals surface area contributed by atoms with Crippen LogP contribution in [-0.4, -0.2) is 39.3 Å². The summed E-state index contributed by atoms with van der Waals surface area (Å²) in [5.41, 5.74) is 5.56. The zero-order valence-electron chi connectivity index (χ0n) is 7.71. The van der Waals surface area contributed by atoms with Gasteiger partial charge in [0.2, 0.25) is 0 Å². The van der Waals surface area contributed by atoms with Gasteiger partial charge in [-0.1, -0.05) is 0 Å². The molecule has 0 aliphatic heterocycles. The molecule has 1 atom stereocenters. The van der Waals surface area contributed by atoms with Crippen molar-refractivity contribution >= 4 is 5.78 Å². The molecule has 0 amide bonds. The fraction of sp³-hybridized carbons (Fsp3) is 0.875. The SMILES string of the molecule is COCCCC(N)C(=O)COC. The van der Waals surface area contributed by atoms with Gasteiger partial charge in [-0.3, -0.25) is 4.79 Å². The van der Waals surface area contributed by atoms with E-state index in [9.17, 15) is 4.79 Å². The summed E-state index contributed by atoms with van der Waals surface area (Å²) < 4.78 is 9.50. The van der Waals surface area contributed by atoms with Crippen LogP contribution in [0.25, 0.3) is 0 Å². The summed E-state index contributed by atoms with van der Waals surface area (Å²) in [6.07, 6.45) is 1.48. The molecule has 2 N–H and O–H groups in total. The van der Waals surface area contributed by atoms with Gasteiger partial charge in [-0.25, -0.2) is 0 Å². The van der Waals surface area contributed by atoms with Crippen LogP contribution in [0.1, 0.15) is 12.8 Å². The van der Waals surface area contributed by atoms with Gasteiger partial charge in [0.1, 0.15) is 6.61 Å². The Kier molecular flexibility index (Phi) is 6.94. The number of methoxy groups -OCH3 is 2. The number of hydrogen-bond acceptors (Lipinski definition) is 4. The largest absolute Gasteiger partial charge is 0.385 e. The van der Waals surface area contributed by atoms with Crippen LogP contribution in [0.2, 0.25) is 0 Å². The molecule has 0 spiro atoms. The van der Waals surface area contributed by atoms with Crippen LogP contribution in [0.5, 0.6) is 0 Å². The van der Waals surface area contributed by atoms with E-state index in [1.165, 1.54) is 7.11 Å². The van der Waals surface area contributed by atoms with E-state index < -0.39 is 6.04 Å². The Morgan fingerprint density at radius 1 is 1.42 bits per heavy atom. The molecule has 0 saturated heterocycles. The topological polar surface area (TPSA) is 61.5 Å². The van der Waals surface area contributed by atoms with Gasteiger partial charge in [-0.15, -0.1) is 0 Å². The molecule has 0 rings (SSSR count). The Balaban J connectivity index is 3.42. The third-order valence-electron chi connectivity index (χ3n) is 1.56. The van der Waals surface area contributed by atoms with Crippen LogP contribution in [0, 0.1) is 0 Å². The van der Waals surface area contributed by atoms with Gasteiger partial charge in [0.05, 0.1) is 6.04 Å². The van der Waals surface area contributed by atoms with Gasteiger partial charge in [0.15, 0.2) is 5.78 Å². The lowest BCUT2D eigenvalue weighted by Crippen LogP contribution is -2.33. The average molecular weight is 175 g/mol. The molecule has 0 aromatic carbocycles. The van der Waals surface area contributed by atoms with E-state index in [0.717, 1.165) is 6.42 Å². The first-order valence-electron chi connectivity index (χ1n) is 3.98. The lowest BCUT2D eigenvalue weighted by molar-refractivity contribution is -0.124. The summed E-state index contributed by atoms with van der Waals surface area (Å²) in [7, 11) is 3.11. The highest BCUT2D eigenvalue weighted by molar-refractivity contribution is 5.84. The lowest BCUT2D eigenvalue weighted by atomic mass is 10.1. The second kappa shape index (κ2) is 7.21. The summed E-state index contributed by atoms with van der Waals surface area (Å²) in [6, 6.07) is -0.403. The molecule has 72 valence electrons. The van der Waals surface area contributed by atoms with Crippen molar-refractivity contribution in [1.82, 2.24) is 0 Å². The monoisotopic (exact) mass is 175 g/mol. The third kappa shape index (κ3) is 5.23. The van der Waals surface area contributed by atoms with Gasteiger partial charge >= 0.3 is 0 Å². The lowest BCUT2D eigenvalue weighted by Gasteiger charge is -2.08. The number of hydrogen-bond donors (Lipinski definition) is 1. The fourth-order valence-corrected chi connectivity index (χ4v) is 0.858. The van der Waals surface area contributed by atoms with Crippen LogP contribution in [0.4, 0.5) is 0 Å². The summed E-state index contributed by atoms with van der Waals surface area (Å²) in [4.78, 5) is 11.0. The molecule has 4 heteroatoms. The molecule has 0 aromatic heterocycles. The Hall–Kier alpha value is -0.450.